The van der Waals surface area contributed by atoms with Crippen LogP contribution in [0, 0.1) is 12.3 Å². The van der Waals surface area contributed by atoms with Crippen LogP contribution in [0.2, 0.25) is 5.02 Å². The molecule has 1 amide bonds. The number of carbonyl (C=O) groups is 1. The maximum Gasteiger partial charge on any atom is 0.220 e. The van der Waals surface area contributed by atoms with E-state index in [0.717, 1.165) is 12.0 Å². The van der Waals surface area contributed by atoms with Gasteiger partial charge in [-0.15, -0.1) is 12.3 Å². The van der Waals surface area contributed by atoms with Crippen molar-refractivity contribution in [1.29, 1.82) is 0 Å². The van der Waals surface area contributed by atoms with E-state index in [-0.39, 0.29) is 11.9 Å². The van der Waals surface area contributed by atoms with Crippen LogP contribution in [0.1, 0.15) is 43.7 Å². The second-order valence-electron chi connectivity index (χ2n) is 5.80. The van der Waals surface area contributed by atoms with Gasteiger partial charge in [-0.2, -0.15) is 10.2 Å². The average Bonchev–Trinajstić information content (AvgIpc) is 3.33. The monoisotopic (exact) mass is 331 g/mol. The van der Waals surface area contributed by atoms with Gasteiger partial charge in [0.2, 0.25) is 5.91 Å². The first-order valence-corrected chi connectivity index (χ1v) is 8.09. The molecule has 1 unspecified atom stereocenters. The Hall–Kier alpha value is -2.06. The van der Waals surface area contributed by atoms with E-state index in [1.807, 2.05) is 12.1 Å². The summed E-state index contributed by atoms with van der Waals surface area (Å²) in [5.74, 6) is 3.24. The second kappa shape index (κ2) is 6.59. The van der Waals surface area contributed by atoms with Crippen LogP contribution in [0.15, 0.2) is 28.4 Å². The van der Waals surface area contributed by atoms with E-state index >= 15 is 0 Å². The molecule has 1 aromatic rings. The van der Waals surface area contributed by atoms with Gasteiger partial charge >= 0.3 is 0 Å². The summed E-state index contributed by atoms with van der Waals surface area (Å²) in [4.78, 5) is 12.2. The zero-order valence-electron chi connectivity index (χ0n) is 12.7. The van der Waals surface area contributed by atoms with Crippen molar-refractivity contribution in [3.05, 3.63) is 28.8 Å². The molecule has 0 fully saturated rings. The average molecular weight is 332 g/mol. The third-order valence-electron chi connectivity index (χ3n) is 4.17. The molecule has 0 spiro atoms. The number of benzene rings is 1. The van der Waals surface area contributed by atoms with Gasteiger partial charge in [-0.05, 0) is 6.07 Å². The largest absolute Gasteiger partial charge is 0.492 e. The number of fused-ring (bicyclic) bond motifs is 1. The van der Waals surface area contributed by atoms with Crippen molar-refractivity contribution in [3.8, 4) is 18.1 Å². The molecule has 2 aliphatic heterocycles. The Morgan fingerprint density at radius 1 is 1.48 bits per heavy atom. The van der Waals surface area contributed by atoms with Crippen LogP contribution in [0.5, 0.6) is 5.75 Å². The lowest BCUT2D eigenvalue weighted by Gasteiger charge is -2.27. The zero-order chi connectivity index (χ0) is 16.3. The summed E-state index contributed by atoms with van der Waals surface area (Å²) in [6.07, 6.45) is 8.32. The first-order valence-electron chi connectivity index (χ1n) is 7.72. The summed E-state index contributed by atoms with van der Waals surface area (Å²) >= 11 is 6.14. The number of amides is 1. The van der Waals surface area contributed by atoms with E-state index in [4.69, 9.17) is 22.8 Å². The number of carbonyl (C=O) groups excluding carboxylic acids is 1. The molecule has 5 nitrogen and oxygen atoms in total. The summed E-state index contributed by atoms with van der Waals surface area (Å²) in [6.45, 7) is 0.540. The predicted octanol–water partition coefficient (Wildman–Crippen LogP) is 3.64. The number of ether oxygens (including phenoxy) is 1. The fourth-order valence-electron chi connectivity index (χ4n) is 2.78. The minimum Gasteiger partial charge on any atom is -0.492 e. The summed E-state index contributed by atoms with van der Waals surface area (Å²) in [5, 5.41) is 11.7. The second-order valence-corrected chi connectivity index (χ2v) is 6.21. The first kappa shape index (κ1) is 15.8. The molecule has 120 valence electrons. The van der Waals surface area contributed by atoms with E-state index in [1.54, 1.807) is 6.07 Å². The number of hydrogen-bond donors (Lipinski definition) is 1. The van der Waals surface area contributed by atoms with Gasteiger partial charge in [0.25, 0.3) is 0 Å². The predicted molar refractivity (Wildman–Crippen MR) is 87.3 cm³/mol. The molecule has 1 N–H and O–H groups in total. The number of rotatable bonds is 6. The third kappa shape index (κ3) is 3.65. The number of nitrogens with one attached hydrogen (secondary N) is 1. The lowest BCUT2D eigenvalue weighted by Crippen LogP contribution is -2.32. The van der Waals surface area contributed by atoms with Crippen LogP contribution in [-0.4, -0.2) is 18.2 Å². The van der Waals surface area contributed by atoms with Gasteiger partial charge in [-0.1, -0.05) is 23.7 Å². The SMILES string of the molecule is C#CCCC1(CCC(=O)NC2CCOc3c(Cl)cccc32)N=N1. The summed E-state index contributed by atoms with van der Waals surface area (Å²) < 4.78 is 5.60. The quantitative estimate of drug-likeness (QED) is 0.809. The topological polar surface area (TPSA) is 63.0 Å². The molecule has 3 rings (SSSR count). The van der Waals surface area contributed by atoms with Crippen molar-refractivity contribution in [3.63, 3.8) is 0 Å². The molecule has 6 heteroatoms. The number of nitrogens with zero attached hydrogens (tertiary/aromatic N) is 2. The molecular weight excluding hydrogens is 314 g/mol. The molecule has 23 heavy (non-hydrogen) atoms. The van der Waals surface area contributed by atoms with Crippen LogP contribution in [0.4, 0.5) is 0 Å². The Morgan fingerprint density at radius 3 is 3.04 bits per heavy atom. The molecule has 1 aromatic carbocycles. The molecule has 0 aromatic heterocycles. The van der Waals surface area contributed by atoms with E-state index in [2.05, 4.69) is 21.5 Å². The van der Waals surface area contributed by atoms with Crippen LogP contribution in [0.3, 0.4) is 0 Å². The molecular formula is C17H18ClN3O2. The lowest BCUT2D eigenvalue weighted by molar-refractivity contribution is -0.122. The molecule has 2 aliphatic rings. The first-order chi connectivity index (χ1) is 11.1. The van der Waals surface area contributed by atoms with Crippen molar-refractivity contribution >= 4 is 17.5 Å². The molecule has 0 saturated carbocycles. The van der Waals surface area contributed by atoms with Crippen molar-refractivity contribution in [2.75, 3.05) is 6.61 Å². The normalized spacial score (nSPS) is 20.1. The van der Waals surface area contributed by atoms with Crippen molar-refractivity contribution in [2.24, 2.45) is 10.2 Å². The van der Waals surface area contributed by atoms with E-state index in [1.165, 1.54) is 0 Å². The molecule has 2 heterocycles. The zero-order valence-corrected chi connectivity index (χ0v) is 13.5. The van der Waals surface area contributed by atoms with Crippen LogP contribution < -0.4 is 10.1 Å². The highest BCUT2D eigenvalue weighted by molar-refractivity contribution is 6.32. The molecule has 0 saturated heterocycles. The van der Waals surface area contributed by atoms with E-state index in [9.17, 15) is 4.79 Å². The highest BCUT2D eigenvalue weighted by atomic mass is 35.5. The number of para-hydroxylation sites is 1. The minimum atomic E-state index is -0.416. The van der Waals surface area contributed by atoms with Gasteiger partial charge in [0, 0.05) is 37.7 Å². The highest BCUT2D eigenvalue weighted by Crippen LogP contribution is 2.39. The van der Waals surface area contributed by atoms with E-state index < -0.39 is 5.66 Å². The Balaban J connectivity index is 1.56. The number of hydrogen-bond acceptors (Lipinski definition) is 4. The molecule has 1 atom stereocenters. The fourth-order valence-corrected chi connectivity index (χ4v) is 3.02. The van der Waals surface area contributed by atoms with Gasteiger partial charge in [0.05, 0.1) is 17.7 Å². The fraction of sp³-hybridized carbons (Fsp3) is 0.471. The van der Waals surface area contributed by atoms with Crippen molar-refractivity contribution < 1.29 is 9.53 Å². The third-order valence-corrected chi connectivity index (χ3v) is 4.46. The van der Waals surface area contributed by atoms with Gasteiger partial charge in [-0.25, -0.2) is 0 Å². The van der Waals surface area contributed by atoms with Crippen LogP contribution in [-0.2, 0) is 4.79 Å². The Labute approximate surface area is 140 Å². The Kier molecular flexibility index (Phi) is 4.53. The van der Waals surface area contributed by atoms with Crippen LogP contribution >= 0.6 is 11.6 Å². The van der Waals surface area contributed by atoms with Gasteiger partial charge < -0.3 is 10.1 Å². The van der Waals surface area contributed by atoms with Gasteiger partial charge in [0.15, 0.2) is 5.66 Å². The maximum absolute atomic E-state index is 12.2. The Bertz CT molecular complexity index is 675. The maximum atomic E-state index is 12.2. The summed E-state index contributed by atoms with van der Waals surface area (Å²) in [5.41, 5.74) is 0.514. The van der Waals surface area contributed by atoms with Gasteiger partial charge in [0.1, 0.15) is 5.75 Å². The van der Waals surface area contributed by atoms with Crippen LogP contribution in [0.25, 0.3) is 0 Å². The van der Waals surface area contributed by atoms with Crippen molar-refractivity contribution in [2.45, 2.75) is 43.8 Å². The lowest BCUT2D eigenvalue weighted by atomic mass is 9.99. The molecule has 0 radical (unpaired) electrons. The standard InChI is InChI=1S/C17H18ClN3O2/c1-2-3-9-17(20-21-17)10-7-15(22)19-14-8-11-23-16-12(14)5-4-6-13(16)18/h1,4-6,14H,3,7-11H2,(H,19,22). The highest BCUT2D eigenvalue weighted by Gasteiger charge is 2.39. The van der Waals surface area contributed by atoms with Gasteiger partial charge in [-0.3, -0.25) is 4.79 Å². The number of halogens is 1. The minimum absolute atomic E-state index is 0.0137. The van der Waals surface area contributed by atoms with Crippen molar-refractivity contribution in [1.82, 2.24) is 5.32 Å². The molecule has 0 bridgehead atoms. The van der Waals surface area contributed by atoms with E-state index in [0.29, 0.717) is 43.1 Å². The number of terminal acetylenes is 1. The molecule has 0 aliphatic carbocycles. The summed E-state index contributed by atoms with van der Waals surface area (Å²) in [7, 11) is 0. The summed E-state index contributed by atoms with van der Waals surface area (Å²) in [6, 6.07) is 5.52. The Morgan fingerprint density at radius 2 is 2.30 bits per heavy atom. The smallest absolute Gasteiger partial charge is 0.220 e.